The Labute approximate surface area is 194 Å². The number of nitrogens with two attached hydrogens (primary N) is 2. The van der Waals surface area contributed by atoms with E-state index < -0.39 is 60.4 Å². The molecule has 0 aromatic rings. The summed E-state index contributed by atoms with van der Waals surface area (Å²) in [5, 5.41) is 37.0. The molecule has 0 spiro atoms. The maximum atomic E-state index is 11.5. The summed E-state index contributed by atoms with van der Waals surface area (Å²) in [6, 6.07) is -2.97. The third-order valence-corrected chi connectivity index (χ3v) is 3.69. The summed E-state index contributed by atoms with van der Waals surface area (Å²) in [6.07, 6.45) is 0.598. The van der Waals surface area contributed by atoms with Crippen LogP contribution in [0.25, 0.3) is 0 Å². The van der Waals surface area contributed by atoms with E-state index in [1.165, 1.54) is 0 Å². The second kappa shape index (κ2) is 20.1. The molecule has 0 saturated heterocycles. The van der Waals surface area contributed by atoms with Crippen LogP contribution in [0.1, 0.15) is 12.8 Å². The van der Waals surface area contributed by atoms with Gasteiger partial charge in [-0.2, -0.15) is 25.3 Å². The molecule has 184 valence electrons. The maximum Gasteiger partial charge on any atom is 0.327 e. The Hall–Kier alpha value is -2.82. The zero-order chi connectivity index (χ0) is 25.9. The minimum atomic E-state index is -1.22. The molecule has 2 unspecified atom stereocenters. The predicted molar refractivity (Wildman–Crippen MR) is 119 cm³/mol. The Bertz CT molecular complexity index is 663. The lowest BCUT2D eigenvalue weighted by Crippen LogP contribution is -2.49. The quantitative estimate of drug-likeness (QED) is 0.0975. The summed E-state index contributed by atoms with van der Waals surface area (Å²) < 4.78 is 0. The lowest BCUT2D eigenvalue weighted by Gasteiger charge is -2.16. The molecule has 10 N–H and O–H groups in total. The van der Waals surface area contributed by atoms with Crippen molar-refractivity contribution in [3.05, 3.63) is 12.7 Å². The standard InChI is InChI=1S/C10H17N3O6S.C3H7NO2S.C3H4O2/c11-5(10(18)19)1-2-7(14)13-6(4-20)9(17)12-3-8(15)16;4-2(1-7)3(5)6;1-2-3(4)5/h5-6,20H,1-4,11H2,(H,12,17)(H,13,14)(H,15,16)(H,18,19);2,7H,1,4H2,(H,5,6);2H,1H2,(H,4,5)/t;2-;/m.0./s1. The van der Waals surface area contributed by atoms with Gasteiger partial charge in [-0.05, 0) is 6.42 Å². The van der Waals surface area contributed by atoms with E-state index in [9.17, 15) is 28.8 Å². The first-order valence-corrected chi connectivity index (χ1v) is 9.82. The number of rotatable bonds is 12. The Kier molecular flexibility index (Phi) is 21.2. The maximum absolute atomic E-state index is 11.5. The van der Waals surface area contributed by atoms with Crippen LogP contribution in [-0.4, -0.2) is 92.3 Å². The van der Waals surface area contributed by atoms with Crippen LogP contribution < -0.4 is 22.1 Å². The first kappa shape index (κ1) is 33.8. The topological polar surface area (TPSA) is 259 Å². The van der Waals surface area contributed by atoms with Crippen LogP contribution in [0.2, 0.25) is 0 Å². The number of amides is 2. The number of aliphatic carboxylic acids is 4. The highest BCUT2D eigenvalue weighted by Gasteiger charge is 2.20. The zero-order valence-electron chi connectivity index (χ0n) is 16.8. The van der Waals surface area contributed by atoms with Crippen LogP contribution in [0.3, 0.4) is 0 Å². The van der Waals surface area contributed by atoms with E-state index in [1.54, 1.807) is 0 Å². The molecule has 0 rings (SSSR count). The fourth-order valence-electron chi connectivity index (χ4n) is 1.23. The van der Waals surface area contributed by atoms with Crippen LogP contribution in [0, 0.1) is 0 Å². The number of nitrogens with one attached hydrogen (secondary N) is 2. The van der Waals surface area contributed by atoms with Crippen molar-refractivity contribution < 1.29 is 49.2 Å². The molecular weight excluding hydrogens is 472 g/mol. The molecule has 0 aromatic carbocycles. The monoisotopic (exact) mass is 500 g/mol. The molecule has 0 fully saturated rings. The smallest absolute Gasteiger partial charge is 0.327 e. The number of carboxylic acids is 4. The van der Waals surface area contributed by atoms with E-state index in [-0.39, 0.29) is 24.3 Å². The van der Waals surface area contributed by atoms with Crippen molar-refractivity contribution in [3.63, 3.8) is 0 Å². The van der Waals surface area contributed by atoms with Crippen LogP contribution in [0.15, 0.2) is 12.7 Å². The van der Waals surface area contributed by atoms with E-state index in [4.69, 9.17) is 31.9 Å². The Morgan fingerprint density at radius 3 is 1.66 bits per heavy atom. The molecule has 0 aliphatic rings. The predicted octanol–water partition coefficient (Wildman–Crippen LogP) is -2.62. The van der Waals surface area contributed by atoms with Gasteiger partial charge in [0.15, 0.2) is 0 Å². The van der Waals surface area contributed by atoms with Gasteiger partial charge < -0.3 is 42.5 Å². The van der Waals surface area contributed by atoms with Gasteiger partial charge in [-0.15, -0.1) is 0 Å². The highest BCUT2D eigenvalue weighted by Crippen LogP contribution is 1.97. The number of carbonyl (C=O) groups is 6. The van der Waals surface area contributed by atoms with Crippen molar-refractivity contribution in [1.82, 2.24) is 10.6 Å². The number of thiol groups is 2. The molecule has 0 heterocycles. The molecule has 32 heavy (non-hydrogen) atoms. The van der Waals surface area contributed by atoms with Gasteiger partial charge in [0, 0.05) is 24.0 Å². The number of carbonyl (C=O) groups excluding carboxylic acids is 2. The van der Waals surface area contributed by atoms with Crippen molar-refractivity contribution in [2.45, 2.75) is 31.0 Å². The summed E-state index contributed by atoms with van der Waals surface area (Å²) in [7, 11) is 0. The third kappa shape index (κ3) is 21.9. The first-order valence-electron chi connectivity index (χ1n) is 8.56. The van der Waals surface area contributed by atoms with Gasteiger partial charge in [0.1, 0.15) is 24.7 Å². The van der Waals surface area contributed by atoms with Crippen molar-refractivity contribution >= 4 is 60.9 Å². The Morgan fingerprint density at radius 1 is 0.906 bits per heavy atom. The van der Waals surface area contributed by atoms with Crippen LogP contribution >= 0.6 is 25.3 Å². The second-order valence-corrected chi connectivity index (χ2v) is 6.30. The summed E-state index contributed by atoms with van der Waals surface area (Å²) in [5.74, 6) is -5.50. The molecular formula is C16H28N4O10S2. The van der Waals surface area contributed by atoms with Gasteiger partial charge in [-0.3, -0.25) is 24.0 Å². The molecule has 2 amide bonds. The van der Waals surface area contributed by atoms with Crippen molar-refractivity contribution in [1.29, 1.82) is 0 Å². The van der Waals surface area contributed by atoms with E-state index in [1.807, 2.05) is 0 Å². The normalized spacial score (nSPS) is 12.1. The van der Waals surface area contributed by atoms with E-state index in [2.05, 4.69) is 42.5 Å². The van der Waals surface area contributed by atoms with Gasteiger partial charge in [0.05, 0.1) is 0 Å². The molecule has 0 saturated carbocycles. The van der Waals surface area contributed by atoms with Crippen molar-refractivity contribution in [2.75, 3.05) is 18.1 Å². The molecule has 0 radical (unpaired) electrons. The summed E-state index contributed by atoms with van der Waals surface area (Å²) in [6.45, 7) is 2.39. The molecule has 0 aliphatic heterocycles. The Balaban J connectivity index is -0.000000572. The lowest BCUT2D eigenvalue weighted by atomic mass is 10.1. The fourth-order valence-corrected chi connectivity index (χ4v) is 1.65. The van der Waals surface area contributed by atoms with E-state index in [0.29, 0.717) is 0 Å². The van der Waals surface area contributed by atoms with Gasteiger partial charge in [-0.1, -0.05) is 6.58 Å². The van der Waals surface area contributed by atoms with Crippen LogP contribution in [-0.2, 0) is 28.8 Å². The lowest BCUT2D eigenvalue weighted by molar-refractivity contribution is -0.139. The zero-order valence-corrected chi connectivity index (χ0v) is 18.6. The highest BCUT2D eigenvalue weighted by atomic mass is 32.1. The second-order valence-electron chi connectivity index (χ2n) is 5.57. The summed E-state index contributed by atoms with van der Waals surface area (Å²) in [4.78, 5) is 62.7. The van der Waals surface area contributed by atoms with E-state index >= 15 is 0 Å². The molecule has 0 bridgehead atoms. The van der Waals surface area contributed by atoms with Crippen molar-refractivity contribution in [2.24, 2.45) is 11.5 Å². The summed E-state index contributed by atoms with van der Waals surface area (Å²) >= 11 is 7.52. The average molecular weight is 501 g/mol. The minimum Gasteiger partial charge on any atom is -0.480 e. The van der Waals surface area contributed by atoms with E-state index in [0.717, 1.165) is 6.08 Å². The van der Waals surface area contributed by atoms with Gasteiger partial charge in [0.2, 0.25) is 11.8 Å². The molecule has 3 atom stereocenters. The van der Waals surface area contributed by atoms with Crippen LogP contribution in [0.4, 0.5) is 0 Å². The molecule has 16 heteroatoms. The SMILES string of the molecule is C=CC(=O)O.NC(CCC(=O)NC(CS)C(=O)NCC(=O)O)C(=O)O.N[C@@H](CS)C(=O)O. The number of hydrogen-bond acceptors (Lipinski definition) is 10. The van der Waals surface area contributed by atoms with Gasteiger partial charge in [-0.25, -0.2) is 4.79 Å². The summed E-state index contributed by atoms with van der Waals surface area (Å²) in [5.41, 5.74) is 10.2. The average Bonchev–Trinajstić information content (AvgIpc) is 2.73. The molecule has 14 nitrogen and oxygen atoms in total. The third-order valence-electron chi connectivity index (χ3n) is 2.94. The first-order chi connectivity index (χ1) is 14.7. The molecule has 0 aromatic heterocycles. The Morgan fingerprint density at radius 2 is 1.38 bits per heavy atom. The minimum absolute atomic E-state index is 0.0256. The number of hydrogen-bond donors (Lipinski definition) is 10. The highest BCUT2D eigenvalue weighted by molar-refractivity contribution is 7.80. The van der Waals surface area contributed by atoms with Crippen molar-refractivity contribution in [3.8, 4) is 0 Å². The fraction of sp³-hybridized carbons (Fsp3) is 0.500. The van der Waals surface area contributed by atoms with Crippen LogP contribution in [0.5, 0.6) is 0 Å². The van der Waals surface area contributed by atoms with Gasteiger partial charge in [0.25, 0.3) is 0 Å². The largest absolute Gasteiger partial charge is 0.480 e. The number of carboxylic acid groups (broad SMARTS) is 4. The molecule has 0 aliphatic carbocycles. The van der Waals surface area contributed by atoms with Gasteiger partial charge >= 0.3 is 23.9 Å².